The zero-order valence-corrected chi connectivity index (χ0v) is 15.0. The van der Waals surface area contributed by atoms with E-state index in [1.807, 2.05) is 18.7 Å². The van der Waals surface area contributed by atoms with E-state index in [2.05, 4.69) is 0 Å². The summed E-state index contributed by atoms with van der Waals surface area (Å²) in [5.41, 5.74) is 0.734. The summed E-state index contributed by atoms with van der Waals surface area (Å²) in [4.78, 5) is 25.9. The quantitative estimate of drug-likeness (QED) is 0.873. The number of benzene rings is 1. The molecule has 26 heavy (non-hydrogen) atoms. The Bertz CT molecular complexity index is 914. The van der Waals surface area contributed by atoms with Crippen molar-refractivity contribution in [3.63, 3.8) is 0 Å². The molecular weight excluding hydrogens is 339 g/mol. The number of carboxylic acid groups (broad SMARTS) is 1. The Labute approximate surface area is 150 Å². The van der Waals surface area contributed by atoms with Crippen molar-refractivity contribution in [1.82, 2.24) is 4.57 Å². The van der Waals surface area contributed by atoms with Crippen LogP contribution in [0.15, 0.2) is 17.1 Å². The lowest BCUT2D eigenvalue weighted by atomic mass is 9.99. The maximum atomic E-state index is 15.0. The number of aromatic carboxylic acids is 1. The number of nitrogens with zero attached hydrogens (tertiary/aromatic N) is 2. The fourth-order valence-corrected chi connectivity index (χ4v) is 3.78. The van der Waals surface area contributed by atoms with Gasteiger partial charge in [-0.25, -0.2) is 9.18 Å². The Morgan fingerprint density at radius 1 is 1.31 bits per heavy atom. The molecule has 6 nitrogen and oxygen atoms in total. The van der Waals surface area contributed by atoms with Crippen LogP contribution < -0.4 is 10.3 Å². The predicted octanol–water partition coefficient (Wildman–Crippen LogP) is 2.38. The summed E-state index contributed by atoms with van der Waals surface area (Å²) in [7, 11) is 0. The van der Waals surface area contributed by atoms with E-state index in [1.165, 1.54) is 6.20 Å². The predicted molar refractivity (Wildman–Crippen MR) is 97.6 cm³/mol. The molecule has 0 spiro atoms. The molecule has 0 bridgehead atoms. The van der Waals surface area contributed by atoms with Crippen LogP contribution in [-0.4, -0.2) is 39.9 Å². The highest BCUT2D eigenvalue weighted by Gasteiger charge is 2.26. The molecule has 140 valence electrons. The van der Waals surface area contributed by atoms with Crippen LogP contribution in [0.3, 0.4) is 0 Å². The van der Waals surface area contributed by atoms with Crippen molar-refractivity contribution in [2.75, 3.05) is 18.0 Å². The molecule has 2 aromatic rings. The Kier molecular flexibility index (Phi) is 5.00. The minimum Gasteiger partial charge on any atom is -0.477 e. The summed E-state index contributed by atoms with van der Waals surface area (Å²) in [5, 5.41) is 19.1. The molecule has 0 aliphatic carbocycles. The molecule has 1 aliphatic heterocycles. The van der Waals surface area contributed by atoms with Gasteiger partial charge in [0.15, 0.2) is 0 Å². The van der Waals surface area contributed by atoms with E-state index in [-0.39, 0.29) is 17.1 Å². The van der Waals surface area contributed by atoms with Crippen molar-refractivity contribution in [3.8, 4) is 0 Å². The number of piperidine rings is 1. The number of aromatic nitrogens is 1. The van der Waals surface area contributed by atoms with E-state index in [9.17, 15) is 24.2 Å². The van der Waals surface area contributed by atoms with Gasteiger partial charge in [-0.1, -0.05) is 6.92 Å². The van der Waals surface area contributed by atoms with E-state index in [0.29, 0.717) is 55.7 Å². The molecule has 1 fully saturated rings. The lowest BCUT2D eigenvalue weighted by molar-refractivity contribution is 0.0695. The van der Waals surface area contributed by atoms with Crippen molar-refractivity contribution in [2.24, 2.45) is 0 Å². The average Bonchev–Trinajstić information content (AvgIpc) is 2.62. The summed E-state index contributed by atoms with van der Waals surface area (Å²) in [6.07, 6.45) is 2.62. The smallest absolute Gasteiger partial charge is 0.341 e. The van der Waals surface area contributed by atoms with Gasteiger partial charge in [0.25, 0.3) is 0 Å². The van der Waals surface area contributed by atoms with Gasteiger partial charge in [0.05, 0.1) is 17.3 Å². The Balaban J connectivity index is 2.32. The van der Waals surface area contributed by atoms with Crippen molar-refractivity contribution in [3.05, 3.63) is 39.4 Å². The summed E-state index contributed by atoms with van der Waals surface area (Å²) in [6.45, 7) is 5.30. The second kappa shape index (κ2) is 7.07. The molecular formula is C19H23FN2O4. The van der Waals surface area contributed by atoms with E-state index < -0.39 is 17.2 Å². The lowest BCUT2D eigenvalue weighted by Crippen LogP contribution is -2.37. The summed E-state index contributed by atoms with van der Waals surface area (Å²) in [5.74, 6) is -1.83. The number of carbonyl (C=O) groups is 1. The number of carboxylic acids is 1. The van der Waals surface area contributed by atoms with Crippen molar-refractivity contribution in [2.45, 2.75) is 45.8 Å². The third-order valence-corrected chi connectivity index (χ3v) is 5.09. The van der Waals surface area contributed by atoms with Crippen LogP contribution in [-0.2, 0) is 13.0 Å². The molecule has 0 radical (unpaired) electrons. The minimum absolute atomic E-state index is 0.0990. The third kappa shape index (κ3) is 2.96. The zero-order chi connectivity index (χ0) is 19.0. The van der Waals surface area contributed by atoms with E-state index >= 15 is 0 Å². The van der Waals surface area contributed by atoms with Crippen LogP contribution in [0.25, 0.3) is 10.9 Å². The number of aliphatic hydroxyl groups excluding tert-OH is 1. The molecule has 2 N–H and O–H groups in total. The Hall–Kier alpha value is -2.41. The molecule has 0 unspecified atom stereocenters. The molecule has 1 aliphatic rings. The maximum Gasteiger partial charge on any atom is 0.341 e. The Morgan fingerprint density at radius 2 is 1.96 bits per heavy atom. The second-order valence-corrected chi connectivity index (χ2v) is 6.62. The van der Waals surface area contributed by atoms with E-state index in [4.69, 9.17) is 0 Å². The number of anilines is 1. The number of pyridine rings is 1. The first kappa shape index (κ1) is 18.4. The monoisotopic (exact) mass is 362 g/mol. The fourth-order valence-electron chi connectivity index (χ4n) is 3.78. The van der Waals surface area contributed by atoms with Crippen LogP contribution in [0.1, 0.15) is 42.6 Å². The number of aryl methyl sites for hydroxylation is 2. The zero-order valence-electron chi connectivity index (χ0n) is 15.0. The Morgan fingerprint density at radius 3 is 2.50 bits per heavy atom. The third-order valence-electron chi connectivity index (χ3n) is 5.09. The largest absolute Gasteiger partial charge is 0.477 e. The summed E-state index contributed by atoms with van der Waals surface area (Å²) in [6, 6.07) is 1.16. The van der Waals surface area contributed by atoms with Crippen LogP contribution in [0.4, 0.5) is 10.1 Å². The van der Waals surface area contributed by atoms with Gasteiger partial charge >= 0.3 is 5.97 Å². The van der Waals surface area contributed by atoms with Gasteiger partial charge in [-0.2, -0.15) is 0 Å². The molecule has 1 saturated heterocycles. The summed E-state index contributed by atoms with van der Waals surface area (Å²) >= 11 is 0. The maximum absolute atomic E-state index is 15.0. The molecule has 0 amide bonds. The molecule has 7 heteroatoms. The number of aliphatic hydroxyl groups is 1. The topological polar surface area (TPSA) is 82.8 Å². The lowest BCUT2D eigenvalue weighted by Gasteiger charge is -2.33. The first-order valence-electron chi connectivity index (χ1n) is 8.93. The minimum atomic E-state index is -1.31. The number of rotatable bonds is 4. The van der Waals surface area contributed by atoms with E-state index in [1.54, 1.807) is 4.57 Å². The van der Waals surface area contributed by atoms with Crippen LogP contribution in [0, 0.1) is 5.82 Å². The number of hydrogen-bond donors (Lipinski definition) is 2. The number of hydrogen-bond acceptors (Lipinski definition) is 4. The van der Waals surface area contributed by atoms with Gasteiger partial charge in [0.1, 0.15) is 11.4 Å². The van der Waals surface area contributed by atoms with Gasteiger partial charge < -0.3 is 19.7 Å². The number of halogens is 1. The van der Waals surface area contributed by atoms with Gasteiger partial charge in [-0.3, -0.25) is 4.79 Å². The highest BCUT2D eigenvalue weighted by Crippen LogP contribution is 2.33. The highest BCUT2D eigenvalue weighted by atomic mass is 19.1. The van der Waals surface area contributed by atoms with Crippen LogP contribution >= 0.6 is 0 Å². The molecule has 0 saturated carbocycles. The number of fused-ring (bicyclic) bond motifs is 1. The molecule has 1 aromatic carbocycles. The van der Waals surface area contributed by atoms with Gasteiger partial charge in [-0.15, -0.1) is 0 Å². The fraction of sp³-hybridized carbons (Fsp3) is 0.474. The first-order valence-corrected chi connectivity index (χ1v) is 8.93. The van der Waals surface area contributed by atoms with Crippen molar-refractivity contribution in [1.29, 1.82) is 0 Å². The van der Waals surface area contributed by atoms with Gasteiger partial charge in [-0.05, 0) is 32.3 Å². The normalized spacial score (nSPS) is 15.6. The first-order chi connectivity index (χ1) is 12.4. The molecule has 1 aromatic heterocycles. The van der Waals surface area contributed by atoms with Gasteiger partial charge in [0.2, 0.25) is 5.43 Å². The van der Waals surface area contributed by atoms with Crippen molar-refractivity contribution >= 4 is 22.6 Å². The highest BCUT2D eigenvalue weighted by molar-refractivity contribution is 5.95. The van der Waals surface area contributed by atoms with Crippen molar-refractivity contribution < 1.29 is 19.4 Å². The standard InChI is InChI=1S/C19H23FN2O4/c1-3-12-16-13(18(24)14(19(25)26)10-21(16)4-2)9-15(20)17(12)22-7-5-11(23)6-8-22/h9-11,23H,3-8H2,1-2H3,(H,25,26). The molecule has 0 atom stereocenters. The molecule has 2 heterocycles. The SMILES string of the molecule is CCc1c(N2CCC(O)CC2)c(F)cc2c(=O)c(C(=O)O)cn(CC)c12. The average molecular weight is 362 g/mol. The second-order valence-electron chi connectivity index (χ2n) is 6.62. The van der Waals surface area contributed by atoms with E-state index in [0.717, 1.165) is 6.07 Å². The molecule has 3 rings (SSSR count). The van der Waals surface area contributed by atoms with Crippen LogP contribution in [0.5, 0.6) is 0 Å². The van der Waals surface area contributed by atoms with Gasteiger partial charge in [0, 0.05) is 36.8 Å². The summed E-state index contributed by atoms with van der Waals surface area (Å²) < 4.78 is 16.7. The van der Waals surface area contributed by atoms with Crippen LogP contribution in [0.2, 0.25) is 0 Å².